The second-order valence-corrected chi connectivity index (χ2v) is 6.45. The van der Waals surface area contributed by atoms with Crippen LogP contribution in [0, 0.1) is 6.92 Å². The predicted molar refractivity (Wildman–Crippen MR) is 100 cm³/mol. The zero-order valence-electron chi connectivity index (χ0n) is 13.6. The fourth-order valence-electron chi connectivity index (χ4n) is 2.22. The molecule has 0 saturated heterocycles. The Hall–Kier alpha value is -2.98. The maximum absolute atomic E-state index is 12.2. The van der Waals surface area contributed by atoms with Crippen LogP contribution in [0.3, 0.4) is 0 Å². The molecule has 3 nitrogen and oxygen atoms in total. The van der Waals surface area contributed by atoms with Gasteiger partial charge in [0.25, 0.3) is 0 Å². The Morgan fingerprint density at radius 3 is 2.52 bits per heavy atom. The number of hydrogen-bond acceptors (Lipinski definition) is 4. The van der Waals surface area contributed by atoms with Crippen LogP contribution in [-0.2, 0) is 0 Å². The number of aryl methyl sites for hydroxylation is 1. The summed E-state index contributed by atoms with van der Waals surface area (Å²) in [6.07, 6.45) is 3.23. The van der Waals surface area contributed by atoms with Crippen LogP contribution in [0.25, 0.3) is 6.08 Å². The zero-order valence-corrected chi connectivity index (χ0v) is 14.5. The lowest BCUT2D eigenvalue weighted by Gasteiger charge is -2.03. The van der Waals surface area contributed by atoms with E-state index in [0.717, 1.165) is 11.1 Å². The third kappa shape index (κ3) is 4.52. The van der Waals surface area contributed by atoms with Crippen molar-refractivity contribution in [1.82, 2.24) is 0 Å². The molecule has 4 heteroatoms. The number of benzene rings is 2. The third-order valence-corrected chi connectivity index (χ3v) is 4.40. The summed E-state index contributed by atoms with van der Waals surface area (Å²) in [5.74, 6) is -0.00354. The maximum atomic E-state index is 12.2. The van der Waals surface area contributed by atoms with E-state index in [4.69, 9.17) is 4.74 Å². The number of carbonyl (C=O) groups is 2. The Morgan fingerprint density at radius 2 is 1.80 bits per heavy atom. The van der Waals surface area contributed by atoms with Crippen LogP contribution in [0.5, 0.6) is 5.75 Å². The first-order valence-corrected chi connectivity index (χ1v) is 8.64. The topological polar surface area (TPSA) is 43.4 Å². The smallest absolute Gasteiger partial charge is 0.353 e. The molecule has 0 spiro atoms. The Labute approximate surface area is 150 Å². The van der Waals surface area contributed by atoms with Gasteiger partial charge in [-0.1, -0.05) is 54.1 Å². The molecule has 0 aliphatic rings. The predicted octanol–water partition coefficient (Wildman–Crippen LogP) is 5.17. The van der Waals surface area contributed by atoms with Crippen molar-refractivity contribution in [2.24, 2.45) is 0 Å². The SMILES string of the molecule is Cc1ccc(C(=O)C=Cc2cccc(OC(=O)c3cccs3)c2)cc1. The summed E-state index contributed by atoms with van der Waals surface area (Å²) in [5, 5.41) is 1.83. The molecule has 2 aromatic carbocycles. The van der Waals surface area contributed by atoms with E-state index in [2.05, 4.69) is 0 Å². The summed E-state index contributed by atoms with van der Waals surface area (Å²) in [4.78, 5) is 24.7. The standard InChI is InChI=1S/C21H16O3S/c1-15-7-10-17(11-8-15)19(22)12-9-16-4-2-5-18(14-16)24-21(23)20-6-3-13-25-20/h2-14H,1H3. The van der Waals surface area contributed by atoms with Gasteiger partial charge in [0, 0.05) is 5.56 Å². The van der Waals surface area contributed by atoms with Gasteiger partial charge in [-0.05, 0) is 42.1 Å². The van der Waals surface area contributed by atoms with Crippen molar-refractivity contribution < 1.29 is 14.3 Å². The lowest BCUT2D eigenvalue weighted by atomic mass is 10.1. The van der Waals surface area contributed by atoms with Gasteiger partial charge in [0.05, 0.1) is 0 Å². The molecule has 0 atom stereocenters. The van der Waals surface area contributed by atoms with Gasteiger partial charge < -0.3 is 4.74 Å². The summed E-state index contributed by atoms with van der Waals surface area (Å²) in [5.41, 5.74) is 2.54. The molecule has 0 unspecified atom stereocenters. The summed E-state index contributed by atoms with van der Waals surface area (Å²) in [6.45, 7) is 1.98. The van der Waals surface area contributed by atoms with E-state index in [1.807, 2.05) is 30.5 Å². The molecule has 0 bridgehead atoms. The van der Waals surface area contributed by atoms with Gasteiger partial charge in [0.15, 0.2) is 5.78 Å². The summed E-state index contributed by atoms with van der Waals surface area (Å²) in [6, 6.07) is 18.0. The number of hydrogen-bond donors (Lipinski definition) is 0. The van der Waals surface area contributed by atoms with Crippen molar-refractivity contribution >= 4 is 29.2 Å². The molecule has 1 aromatic heterocycles. The molecule has 0 aliphatic heterocycles. The molecule has 0 radical (unpaired) electrons. The van der Waals surface area contributed by atoms with Crippen molar-refractivity contribution in [2.75, 3.05) is 0 Å². The number of ether oxygens (including phenoxy) is 1. The van der Waals surface area contributed by atoms with Crippen molar-refractivity contribution in [2.45, 2.75) is 6.92 Å². The van der Waals surface area contributed by atoms with Gasteiger partial charge in [-0.3, -0.25) is 4.79 Å². The van der Waals surface area contributed by atoms with Crippen LogP contribution >= 0.6 is 11.3 Å². The molecule has 0 aliphatic carbocycles. The number of rotatable bonds is 5. The van der Waals surface area contributed by atoms with Crippen molar-refractivity contribution in [3.05, 3.63) is 93.7 Å². The van der Waals surface area contributed by atoms with Crippen molar-refractivity contribution in [3.8, 4) is 5.75 Å². The van der Waals surface area contributed by atoms with Crippen LogP contribution in [0.1, 0.15) is 31.2 Å². The van der Waals surface area contributed by atoms with Gasteiger partial charge in [-0.15, -0.1) is 11.3 Å². The normalized spacial score (nSPS) is 10.8. The summed E-state index contributed by atoms with van der Waals surface area (Å²) >= 11 is 1.33. The fraction of sp³-hybridized carbons (Fsp3) is 0.0476. The molecule has 124 valence electrons. The molecule has 0 saturated carbocycles. The Kier molecular flexibility index (Phi) is 5.21. The first-order valence-electron chi connectivity index (χ1n) is 7.77. The highest BCUT2D eigenvalue weighted by molar-refractivity contribution is 7.12. The van der Waals surface area contributed by atoms with Gasteiger partial charge in [-0.2, -0.15) is 0 Å². The molecule has 3 rings (SSSR count). The Balaban J connectivity index is 1.69. The van der Waals surface area contributed by atoms with Gasteiger partial charge in [0.1, 0.15) is 10.6 Å². The lowest BCUT2D eigenvalue weighted by Crippen LogP contribution is -2.06. The lowest BCUT2D eigenvalue weighted by molar-refractivity contribution is 0.0739. The number of ketones is 1. The summed E-state index contributed by atoms with van der Waals surface area (Å²) in [7, 11) is 0. The van der Waals surface area contributed by atoms with E-state index in [1.54, 1.807) is 48.5 Å². The minimum absolute atomic E-state index is 0.0685. The fourth-order valence-corrected chi connectivity index (χ4v) is 2.82. The second kappa shape index (κ2) is 7.73. The van der Waals surface area contributed by atoms with Gasteiger partial charge in [-0.25, -0.2) is 4.79 Å². The highest BCUT2D eigenvalue weighted by Crippen LogP contribution is 2.18. The van der Waals surface area contributed by atoms with Crippen LogP contribution in [0.4, 0.5) is 0 Å². The zero-order chi connectivity index (χ0) is 17.6. The molecular formula is C21H16O3S. The molecule has 0 amide bonds. The second-order valence-electron chi connectivity index (χ2n) is 5.50. The van der Waals surface area contributed by atoms with E-state index in [1.165, 1.54) is 17.4 Å². The first-order chi connectivity index (χ1) is 12.1. The third-order valence-electron chi connectivity index (χ3n) is 3.55. The van der Waals surface area contributed by atoms with Gasteiger partial charge >= 0.3 is 5.97 Å². The average Bonchev–Trinajstić information content (AvgIpc) is 3.15. The highest BCUT2D eigenvalue weighted by atomic mass is 32.1. The largest absolute Gasteiger partial charge is 0.422 e. The highest BCUT2D eigenvalue weighted by Gasteiger charge is 2.09. The molecule has 0 N–H and O–H groups in total. The van der Waals surface area contributed by atoms with E-state index < -0.39 is 0 Å². The number of thiophene rings is 1. The number of allylic oxidation sites excluding steroid dienone is 1. The van der Waals surface area contributed by atoms with Crippen LogP contribution in [0.15, 0.2) is 72.1 Å². The summed E-state index contributed by atoms with van der Waals surface area (Å²) < 4.78 is 5.36. The van der Waals surface area contributed by atoms with Crippen molar-refractivity contribution in [3.63, 3.8) is 0 Å². The van der Waals surface area contributed by atoms with Crippen LogP contribution in [0.2, 0.25) is 0 Å². The van der Waals surface area contributed by atoms with E-state index >= 15 is 0 Å². The molecule has 25 heavy (non-hydrogen) atoms. The van der Waals surface area contributed by atoms with Crippen LogP contribution < -0.4 is 4.74 Å². The van der Waals surface area contributed by atoms with Gasteiger partial charge in [0.2, 0.25) is 0 Å². The van der Waals surface area contributed by atoms with E-state index in [0.29, 0.717) is 16.2 Å². The minimum atomic E-state index is -0.383. The number of carbonyl (C=O) groups excluding carboxylic acids is 2. The van der Waals surface area contributed by atoms with Crippen LogP contribution in [-0.4, -0.2) is 11.8 Å². The first kappa shape index (κ1) is 16.9. The van der Waals surface area contributed by atoms with Crippen molar-refractivity contribution in [1.29, 1.82) is 0 Å². The van der Waals surface area contributed by atoms with E-state index in [9.17, 15) is 9.59 Å². The average molecular weight is 348 g/mol. The Bertz CT molecular complexity index is 907. The molecular weight excluding hydrogens is 332 g/mol. The monoisotopic (exact) mass is 348 g/mol. The Morgan fingerprint density at radius 1 is 1.00 bits per heavy atom. The maximum Gasteiger partial charge on any atom is 0.353 e. The minimum Gasteiger partial charge on any atom is -0.422 e. The quantitative estimate of drug-likeness (QED) is 0.276. The molecule has 3 aromatic rings. The molecule has 0 fully saturated rings. The van der Waals surface area contributed by atoms with E-state index in [-0.39, 0.29) is 11.8 Å². The number of esters is 1. The molecule has 1 heterocycles.